The number of hydrogen-bond acceptors (Lipinski definition) is 4. The molecular weight excluding hydrogens is 334 g/mol. The quantitative estimate of drug-likeness (QED) is 0.671. The molecule has 0 aliphatic rings. The minimum atomic E-state index is -0.334. The molecule has 2 amide bonds. The Hall–Kier alpha value is -2.38. The van der Waals surface area contributed by atoms with Crippen molar-refractivity contribution in [3.63, 3.8) is 0 Å². The number of carbonyl (C=O) groups excluding carboxylic acids is 1. The van der Waals surface area contributed by atoms with Gasteiger partial charge in [-0.05, 0) is 36.1 Å². The summed E-state index contributed by atoms with van der Waals surface area (Å²) in [7, 11) is 0. The number of benzene rings is 1. The van der Waals surface area contributed by atoms with Crippen LogP contribution in [0.1, 0.15) is 11.4 Å². The van der Waals surface area contributed by atoms with Crippen molar-refractivity contribution in [2.24, 2.45) is 0 Å². The topological polar surface area (TPSA) is 82.7 Å². The summed E-state index contributed by atoms with van der Waals surface area (Å²) in [6.07, 6.45) is 0. The Balaban J connectivity index is 1.55. The van der Waals surface area contributed by atoms with Crippen LogP contribution < -0.4 is 10.6 Å². The van der Waals surface area contributed by atoms with Crippen molar-refractivity contribution in [1.29, 1.82) is 0 Å². The molecule has 8 heteroatoms. The van der Waals surface area contributed by atoms with Gasteiger partial charge in [0, 0.05) is 10.7 Å². The molecule has 6 nitrogen and oxygen atoms in total. The van der Waals surface area contributed by atoms with Crippen molar-refractivity contribution >= 4 is 34.7 Å². The molecule has 3 aromatic rings. The molecule has 0 aliphatic heterocycles. The molecule has 23 heavy (non-hydrogen) atoms. The van der Waals surface area contributed by atoms with Gasteiger partial charge in [-0.3, -0.25) is 5.10 Å². The molecule has 0 aliphatic carbocycles. The number of rotatable bonds is 4. The molecule has 0 fully saturated rings. The van der Waals surface area contributed by atoms with E-state index in [1.807, 2.05) is 30.5 Å². The van der Waals surface area contributed by atoms with E-state index >= 15 is 0 Å². The molecule has 0 saturated carbocycles. The van der Waals surface area contributed by atoms with Crippen LogP contribution in [-0.4, -0.2) is 21.2 Å². The van der Waals surface area contributed by atoms with Crippen LogP contribution in [0.5, 0.6) is 0 Å². The molecule has 0 saturated heterocycles. The van der Waals surface area contributed by atoms with E-state index in [1.165, 1.54) is 0 Å². The van der Waals surface area contributed by atoms with E-state index in [0.29, 0.717) is 22.4 Å². The highest BCUT2D eigenvalue weighted by Gasteiger charge is 2.08. The minimum Gasteiger partial charge on any atom is -0.331 e. The van der Waals surface area contributed by atoms with Crippen molar-refractivity contribution in [2.75, 3.05) is 5.32 Å². The van der Waals surface area contributed by atoms with E-state index in [4.69, 9.17) is 11.6 Å². The minimum absolute atomic E-state index is 0.254. The third-order valence-corrected chi connectivity index (χ3v) is 4.39. The number of aryl methyl sites for hydroxylation is 1. The molecule has 0 spiro atoms. The zero-order valence-corrected chi connectivity index (χ0v) is 13.8. The van der Waals surface area contributed by atoms with Crippen molar-refractivity contribution in [1.82, 2.24) is 20.5 Å². The van der Waals surface area contributed by atoms with Crippen molar-refractivity contribution in [3.05, 3.63) is 52.1 Å². The van der Waals surface area contributed by atoms with Gasteiger partial charge in [0.25, 0.3) is 0 Å². The number of nitrogens with one attached hydrogen (secondary N) is 3. The van der Waals surface area contributed by atoms with Gasteiger partial charge in [0.15, 0.2) is 5.82 Å². The number of amides is 2. The summed E-state index contributed by atoms with van der Waals surface area (Å²) >= 11 is 7.59. The highest BCUT2D eigenvalue weighted by Crippen LogP contribution is 2.21. The number of halogens is 1. The molecule has 3 rings (SSSR count). The second kappa shape index (κ2) is 6.80. The third-order valence-electron chi connectivity index (χ3n) is 3.12. The van der Waals surface area contributed by atoms with Gasteiger partial charge in [0.1, 0.15) is 5.82 Å². The number of urea groups is 1. The molecule has 118 valence electrons. The Morgan fingerprint density at radius 1 is 1.39 bits per heavy atom. The maximum absolute atomic E-state index is 11.9. The number of thiophene rings is 1. The molecule has 0 atom stereocenters. The highest BCUT2D eigenvalue weighted by molar-refractivity contribution is 7.13. The van der Waals surface area contributed by atoms with Crippen molar-refractivity contribution < 1.29 is 4.79 Å². The van der Waals surface area contributed by atoms with E-state index in [-0.39, 0.29) is 12.6 Å². The fraction of sp³-hybridized carbons (Fsp3) is 0.133. The largest absolute Gasteiger partial charge is 0.331 e. The van der Waals surface area contributed by atoms with Crippen LogP contribution in [-0.2, 0) is 6.54 Å². The van der Waals surface area contributed by atoms with Crippen molar-refractivity contribution in [3.8, 4) is 10.7 Å². The SMILES string of the molecule is Cc1ccc(NC(=O)NCc2nc(-c3cccs3)n[nH]2)cc1Cl. The van der Waals surface area contributed by atoms with Crippen LogP contribution in [0.4, 0.5) is 10.5 Å². The Morgan fingerprint density at radius 3 is 3.00 bits per heavy atom. The molecular formula is C15H14ClN5OS. The van der Waals surface area contributed by atoms with Gasteiger partial charge < -0.3 is 10.6 Å². The third kappa shape index (κ3) is 3.88. The summed E-state index contributed by atoms with van der Waals surface area (Å²) in [5, 5.41) is 14.9. The first-order valence-electron chi connectivity index (χ1n) is 6.88. The molecule has 0 bridgehead atoms. The van der Waals surface area contributed by atoms with Crippen LogP contribution in [0.25, 0.3) is 10.7 Å². The summed E-state index contributed by atoms with van der Waals surface area (Å²) < 4.78 is 0. The molecule has 0 unspecified atom stereocenters. The van der Waals surface area contributed by atoms with Gasteiger partial charge in [-0.15, -0.1) is 11.3 Å². The highest BCUT2D eigenvalue weighted by atomic mass is 35.5. The summed E-state index contributed by atoms with van der Waals surface area (Å²) in [6.45, 7) is 2.16. The number of anilines is 1. The second-order valence-electron chi connectivity index (χ2n) is 4.85. The first kappa shape index (κ1) is 15.5. The lowest BCUT2D eigenvalue weighted by molar-refractivity contribution is 0.251. The fourth-order valence-corrected chi connectivity index (χ4v) is 2.74. The van der Waals surface area contributed by atoms with Gasteiger partial charge in [-0.25, -0.2) is 9.78 Å². The average Bonchev–Trinajstić information content (AvgIpc) is 3.19. The number of aromatic amines is 1. The van der Waals surface area contributed by atoms with E-state index in [1.54, 1.807) is 23.5 Å². The average molecular weight is 348 g/mol. The summed E-state index contributed by atoms with van der Waals surface area (Å²) in [5.74, 6) is 1.22. The monoisotopic (exact) mass is 347 g/mol. The van der Waals surface area contributed by atoms with Gasteiger partial charge in [0.05, 0.1) is 11.4 Å². The summed E-state index contributed by atoms with van der Waals surface area (Å²) in [5.41, 5.74) is 1.59. The Morgan fingerprint density at radius 2 is 2.26 bits per heavy atom. The van der Waals surface area contributed by atoms with E-state index in [0.717, 1.165) is 10.4 Å². The van der Waals surface area contributed by atoms with Crippen LogP contribution in [0.15, 0.2) is 35.7 Å². The summed E-state index contributed by atoms with van der Waals surface area (Å²) in [4.78, 5) is 17.2. The van der Waals surface area contributed by atoms with E-state index in [9.17, 15) is 4.79 Å². The second-order valence-corrected chi connectivity index (χ2v) is 6.21. The van der Waals surface area contributed by atoms with Crippen LogP contribution in [0, 0.1) is 6.92 Å². The van der Waals surface area contributed by atoms with Crippen LogP contribution in [0.3, 0.4) is 0 Å². The van der Waals surface area contributed by atoms with Crippen LogP contribution in [0.2, 0.25) is 5.02 Å². The Bertz CT molecular complexity index is 815. The zero-order chi connectivity index (χ0) is 16.2. The number of H-pyrrole nitrogens is 1. The predicted molar refractivity (Wildman–Crippen MR) is 91.7 cm³/mol. The van der Waals surface area contributed by atoms with Crippen molar-refractivity contribution in [2.45, 2.75) is 13.5 Å². The molecule has 0 radical (unpaired) electrons. The molecule has 1 aromatic carbocycles. The maximum atomic E-state index is 11.9. The number of hydrogen-bond donors (Lipinski definition) is 3. The van der Waals surface area contributed by atoms with E-state index in [2.05, 4.69) is 25.8 Å². The molecule has 2 aromatic heterocycles. The lowest BCUT2D eigenvalue weighted by Crippen LogP contribution is -2.28. The maximum Gasteiger partial charge on any atom is 0.319 e. The Kier molecular flexibility index (Phi) is 4.59. The lowest BCUT2D eigenvalue weighted by Gasteiger charge is -2.07. The number of nitrogens with zero attached hydrogens (tertiary/aromatic N) is 2. The Labute approximate surface area is 141 Å². The number of aromatic nitrogens is 3. The van der Waals surface area contributed by atoms with E-state index < -0.39 is 0 Å². The fourth-order valence-electron chi connectivity index (χ4n) is 1.90. The normalized spacial score (nSPS) is 10.5. The molecule has 3 N–H and O–H groups in total. The zero-order valence-electron chi connectivity index (χ0n) is 12.3. The van der Waals surface area contributed by atoms with Gasteiger partial charge >= 0.3 is 6.03 Å². The van der Waals surface area contributed by atoms with Gasteiger partial charge in [-0.1, -0.05) is 23.7 Å². The smallest absolute Gasteiger partial charge is 0.319 e. The first-order chi connectivity index (χ1) is 11.1. The lowest BCUT2D eigenvalue weighted by atomic mass is 10.2. The standard InChI is InChI=1S/C15H14ClN5OS/c1-9-4-5-10(7-11(9)16)18-15(22)17-8-13-19-14(21-20-13)12-3-2-6-23-12/h2-7H,8H2,1H3,(H2,17,18,22)(H,19,20,21). The van der Waals surface area contributed by atoms with Gasteiger partial charge in [0.2, 0.25) is 0 Å². The van der Waals surface area contributed by atoms with Gasteiger partial charge in [-0.2, -0.15) is 5.10 Å². The predicted octanol–water partition coefficient (Wildman–Crippen LogP) is 3.82. The van der Waals surface area contributed by atoms with Crippen LogP contribution >= 0.6 is 22.9 Å². The summed E-state index contributed by atoms with van der Waals surface area (Å²) in [6, 6.07) is 8.90. The first-order valence-corrected chi connectivity index (χ1v) is 8.14. The number of carbonyl (C=O) groups is 1. The molecule has 2 heterocycles.